The van der Waals surface area contributed by atoms with E-state index in [0.717, 1.165) is 12.0 Å². The Kier molecular flexibility index (Phi) is 3.41. The van der Waals surface area contributed by atoms with Gasteiger partial charge in [-0.1, -0.05) is 30.3 Å². The first-order valence-electron chi connectivity index (χ1n) is 5.51. The molecule has 4 heteroatoms. The number of hydrogen-bond acceptors (Lipinski definition) is 3. The van der Waals surface area contributed by atoms with Crippen LogP contribution in [0.25, 0.3) is 0 Å². The molecule has 1 aliphatic rings. The van der Waals surface area contributed by atoms with Gasteiger partial charge in [0.25, 0.3) is 0 Å². The number of carbonyl (C=O) groups is 1. The highest BCUT2D eigenvalue weighted by Gasteiger charge is 2.33. The first-order chi connectivity index (χ1) is 7.83. The smallest absolute Gasteiger partial charge is 0.410 e. The second-order valence-electron chi connectivity index (χ2n) is 3.84. The van der Waals surface area contributed by atoms with Crippen molar-refractivity contribution in [2.45, 2.75) is 12.5 Å². The van der Waals surface area contributed by atoms with E-state index < -0.39 is 0 Å². The third kappa shape index (κ3) is 2.17. The van der Waals surface area contributed by atoms with Crippen LogP contribution >= 0.6 is 0 Å². The van der Waals surface area contributed by atoms with Crippen LogP contribution in [0, 0.1) is 0 Å². The molecule has 1 heterocycles. The quantitative estimate of drug-likeness (QED) is 0.837. The highest BCUT2D eigenvalue weighted by Crippen LogP contribution is 2.27. The van der Waals surface area contributed by atoms with Gasteiger partial charge >= 0.3 is 6.09 Å². The number of hydrogen-bond donors (Lipinski definition) is 1. The summed E-state index contributed by atoms with van der Waals surface area (Å²) < 4.78 is 5.08. The van der Waals surface area contributed by atoms with Crippen molar-refractivity contribution in [1.82, 2.24) is 4.90 Å². The zero-order valence-electron chi connectivity index (χ0n) is 9.13. The molecule has 0 bridgehead atoms. The molecule has 2 rings (SSSR count). The Morgan fingerprint density at radius 2 is 2.12 bits per heavy atom. The zero-order valence-corrected chi connectivity index (χ0v) is 9.13. The van der Waals surface area contributed by atoms with Crippen LogP contribution in [-0.2, 0) is 4.74 Å². The third-order valence-corrected chi connectivity index (χ3v) is 2.76. The van der Waals surface area contributed by atoms with E-state index in [4.69, 9.17) is 10.5 Å². The maximum absolute atomic E-state index is 11.5. The van der Waals surface area contributed by atoms with Gasteiger partial charge in [-0.15, -0.1) is 0 Å². The molecule has 0 aliphatic carbocycles. The fraction of sp³-hybridized carbons (Fsp3) is 0.417. The first-order valence-corrected chi connectivity index (χ1v) is 5.51. The SMILES string of the molecule is NCCCN1C(=O)OCC1c1ccccc1. The molecule has 86 valence electrons. The summed E-state index contributed by atoms with van der Waals surface area (Å²) in [5.74, 6) is 0. The lowest BCUT2D eigenvalue weighted by Gasteiger charge is -2.21. The molecule has 1 aromatic rings. The standard InChI is InChI=1S/C12H16N2O2/c13-7-4-8-14-11(9-16-12(14)15)10-5-2-1-3-6-10/h1-3,5-6,11H,4,7-9,13H2. The number of benzene rings is 1. The minimum absolute atomic E-state index is 0.0419. The maximum atomic E-state index is 11.5. The minimum Gasteiger partial charge on any atom is -0.447 e. The molecule has 1 fully saturated rings. The number of carbonyl (C=O) groups excluding carboxylic acids is 1. The lowest BCUT2D eigenvalue weighted by atomic mass is 10.1. The summed E-state index contributed by atoms with van der Waals surface area (Å²) in [6.45, 7) is 1.69. The predicted octanol–water partition coefficient (Wildman–Crippen LogP) is 1.53. The van der Waals surface area contributed by atoms with Crippen molar-refractivity contribution in [2.24, 2.45) is 5.73 Å². The molecule has 0 saturated carbocycles. The summed E-state index contributed by atoms with van der Waals surface area (Å²) in [5.41, 5.74) is 6.57. The van der Waals surface area contributed by atoms with Gasteiger partial charge < -0.3 is 10.5 Å². The van der Waals surface area contributed by atoms with E-state index in [1.165, 1.54) is 0 Å². The number of ether oxygens (including phenoxy) is 1. The highest BCUT2D eigenvalue weighted by molar-refractivity contribution is 5.70. The average molecular weight is 220 g/mol. The monoisotopic (exact) mass is 220 g/mol. The third-order valence-electron chi connectivity index (χ3n) is 2.76. The van der Waals surface area contributed by atoms with Gasteiger partial charge in [-0.05, 0) is 18.5 Å². The van der Waals surface area contributed by atoms with E-state index in [9.17, 15) is 4.79 Å². The highest BCUT2D eigenvalue weighted by atomic mass is 16.6. The van der Waals surface area contributed by atoms with E-state index >= 15 is 0 Å². The molecule has 2 N–H and O–H groups in total. The van der Waals surface area contributed by atoms with Crippen molar-refractivity contribution in [1.29, 1.82) is 0 Å². The first kappa shape index (κ1) is 11.0. The zero-order chi connectivity index (χ0) is 11.4. The van der Waals surface area contributed by atoms with E-state index in [-0.39, 0.29) is 12.1 Å². The molecule has 1 saturated heterocycles. The summed E-state index contributed by atoms with van der Waals surface area (Å²) in [6.07, 6.45) is 0.570. The van der Waals surface area contributed by atoms with Crippen LogP contribution < -0.4 is 5.73 Å². The molecule has 1 aromatic carbocycles. The fourth-order valence-corrected chi connectivity index (χ4v) is 1.91. The summed E-state index contributed by atoms with van der Waals surface area (Å²) in [6, 6.07) is 9.98. The van der Waals surface area contributed by atoms with Gasteiger partial charge in [-0.3, -0.25) is 4.90 Å². The summed E-state index contributed by atoms with van der Waals surface area (Å²) in [7, 11) is 0. The molecular formula is C12H16N2O2. The van der Waals surface area contributed by atoms with Gasteiger partial charge in [0.15, 0.2) is 0 Å². The van der Waals surface area contributed by atoms with Crippen LogP contribution in [-0.4, -0.2) is 30.7 Å². The lowest BCUT2D eigenvalue weighted by molar-refractivity contribution is 0.157. The van der Waals surface area contributed by atoms with Crippen LogP contribution in [0.1, 0.15) is 18.0 Å². The molecule has 0 aromatic heterocycles. The molecule has 4 nitrogen and oxygen atoms in total. The van der Waals surface area contributed by atoms with Gasteiger partial charge in [0.1, 0.15) is 6.61 Å². The molecule has 1 aliphatic heterocycles. The van der Waals surface area contributed by atoms with Crippen molar-refractivity contribution < 1.29 is 9.53 Å². The average Bonchev–Trinajstić information content (AvgIpc) is 2.69. The van der Waals surface area contributed by atoms with E-state index in [0.29, 0.717) is 19.7 Å². The van der Waals surface area contributed by atoms with Gasteiger partial charge in [0.05, 0.1) is 6.04 Å². The summed E-state index contributed by atoms with van der Waals surface area (Å²) >= 11 is 0. The van der Waals surface area contributed by atoms with Gasteiger partial charge in [0.2, 0.25) is 0 Å². The summed E-state index contributed by atoms with van der Waals surface area (Å²) in [4.78, 5) is 13.3. The van der Waals surface area contributed by atoms with Crippen LogP contribution in [0.2, 0.25) is 0 Å². The van der Waals surface area contributed by atoms with Crippen LogP contribution in [0.3, 0.4) is 0 Å². The number of cyclic esters (lactones) is 1. The van der Waals surface area contributed by atoms with Crippen molar-refractivity contribution in [3.8, 4) is 0 Å². The molecule has 0 radical (unpaired) electrons. The van der Waals surface area contributed by atoms with Crippen molar-refractivity contribution >= 4 is 6.09 Å². The largest absolute Gasteiger partial charge is 0.447 e. The van der Waals surface area contributed by atoms with E-state index in [1.54, 1.807) is 4.90 Å². The van der Waals surface area contributed by atoms with Gasteiger partial charge in [-0.25, -0.2) is 4.79 Å². The maximum Gasteiger partial charge on any atom is 0.410 e. The van der Waals surface area contributed by atoms with Crippen LogP contribution in [0.4, 0.5) is 4.79 Å². The molecule has 1 amide bonds. The lowest BCUT2D eigenvalue weighted by Crippen LogP contribution is -2.29. The second kappa shape index (κ2) is 4.99. The summed E-state index contributed by atoms with van der Waals surface area (Å²) in [5, 5.41) is 0. The van der Waals surface area contributed by atoms with Gasteiger partial charge in [0, 0.05) is 6.54 Å². The van der Waals surface area contributed by atoms with Gasteiger partial charge in [-0.2, -0.15) is 0 Å². The Bertz CT molecular complexity index is 353. The fourth-order valence-electron chi connectivity index (χ4n) is 1.91. The predicted molar refractivity (Wildman–Crippen MR) is 60.9 cm³/mol. The Morgan fingerprint density at radius 1 is 1.38 bits per heavy atom. The van der Waals surface area contributed by atoms with Crippen molar-refractivity contribution in [2.75, 3.05) is 19.7 Å². The second-order valence-corrected chi connectivity index (χ2v) is 3.84. The van der Waals surface area contributed by atoms with E-state index in [1.807, 2.05) is 30.3 Å². The Morgan fingerprint density at radius 3 is 2.81 bits per heavy atom. The number of nitrogens with zero attached hydrogens (tertiary/aromatic N) is 1. The number of nitrogens with two attached hydrogens (primary N) is 1. The molecule has 16 heavy (non-hydrogen) atoms. The Balaban J connectivity index is 2.11. The molecule has 1 atom stereocenters. The molecule has 0 spiro atoms. The Hall–Kier alpha value is -1.55. The molecular weight excluding hydrogens is 204 g/mol. The van der Waals surface area contributed by atoms with E-state index in [2.05, 4.69) is 0 Å². The van der Waals surface area contributed by atoms with Crippen molar-refractivity contribution in [3.05, 3.63) is 35.9 Å². The molecule has 1 unspecified atom stereocenters. The Labute approximate surface area is 95.0 Å². The topological polar surface area (TPSA) is 55.6 Å². The van der Waals surface area contributed by atoms with Crippen LogP contribution in [0.15, 0.2) is 30.3 Å². The minimum atomic E-state index is -0.234. The number of amides is 1. The number of rotatable bonds is 4. The van der Waals surface area contributed by atoms with Crippen molar-refractivity contribution in [3.63, 3.8) is 0 Å². The normalized spacial score (nSPS) is 19.9. The van der Waals surface area contributed by atoms with Crippen LogP contribution in [0.5, 0.6) is 0 Å².